The van der Waals surface area contributed by atoms with Crippen molar-refractivity contribution in [2.24, 2.45) is 0 Å². The third kappa shape index (κ3) is 3.46. The van der Waals surface area contributed by atoms with Gasteiger partial charge >= 0.3 is 0 Å². The molecule has 0 unspecified atom stereocenters. The van der Waals surface area contributed by atoms with Crippen molar-refractivity contribution in [3.8, 4) is 6.07 Å². The van der Waals surface area contributed by atoms with Gasteiger partial charge in [0.05, 0.1) is 12.7 Å². The summed E-state index contributed by atoms with van der Waals surface area (Å²) in [6, 6.07) is 16.0. The third-order valence-electron chi connectivity index (χ3n) is 4.41. The highest BCUT2D eigenvalue weighted by atomic mass is 19.1. The molecule has 0 spiro atoms. The number of nitrogens with one attached hydrogen (secondary N) is 1. The lowest BCUT2D eigenvalue weighted by molar-refractivity contribution is 0.104. The van der Waals surface area contributed by atoms with Crippen LogP contribution in [-0.4, -0.2) is 20.5 Å². The second-order valence-electron chi connectivity index (χ2n) is 6.35. The second kappa shape index (κ2) is 7.33. The Morgan fingerprint density at radius 2 is 2.07 bits per heavy atom. The molecule has 6 heteroatoms. The number of rotatable bonds is 5. The molecule has 0 radical (unpaired) electrons. The largest absolute Gasteiger partial charge is 0.360 e. The van der Waals surface area contributed by atoms with Crippen molar-refractivity contribution in [3.05, 3.63) is 95.2 Å². The zero-order valence-electron chi connectivity index (χ0n) is 14.8. The van der Waals surface area contributed by atoms with Crippen molar-refractivity contribution in [1.29, 1.82) is 5.26 Å². The molecule has 4 aromatic rings. The summed E-state index contributed by atoms with van der Waals surface area (Å²) >= 11 is 0. The first-order chi connectivity index (χ1) is 13.6. The molecule has 136 valence electrons. The van der Waals surface area contributed by atoms with Crippen LogP contribution in [-0.2, 0) is 6.54 Å². The summed E-state index contributed by atoms with van der Waals surface area (Å²) in [6.45, 7) is 0.596. The van der Waals surface area contributed by atoms with Crippen molar-refractivity contribution in [3.63, 3.8) is 0 Å². The van der Waals surface area contributed by atoms with Gasteiger partial charge in [0.15, 0.2) is 0 Å². The quantitative estimate of drug-likeness (QED) is 0.323. The van der Waals surface area contributed by atoms with Crippen molar-refractivity contribution < 1.29 is 9.18 Å². The highest BCUT2D eigenvalue weighted by Crippen LogP contribution is 2.22. The highest BCUT2D eigenvalue weighted by Gasteiger charge is 2.17. The normalized spacial score (nSPS) is 11.5. The van der Waals surface area contributed by atoms with Gasteiger partial charge in [-0.3, -0.25) is 9.48 Å². The van der Waals surface area contributed by atoms with E-state index in [-0.39, 0.29) is 5.57 Å². The monoisotopic (exact) mass is 370 g/mol. The Morgan fingerprint density at radius 3 is 2.86 bits per heavy atom. The molecule has 2 aromatic heterocycles. The number of halogens is 1. The van der Waals surface area contributed by atoms with Gasteiger partial charge in [-0.15, -0.1) is 0 Å². The fourth-order valence-corrected chi connectivity index (χ4v) is 3.06. The summed E-state index contributed by atoms with van der Waals surface area (Å²) in [7, 11) is 0. The van der Waals surface area contributed by atoms with Crippen LogP contribution in [0.25, 0.3) is 17.0 Å². The van der Waals surface area contributed by atoms with Gasteiger partial charge < -0.3 is 4.98 Å². The van der Waals surface area contributed by atoms with E-state index >= 15 is 0 Å². The van der Waals surface area contributed by atoms with Gasteiger partial charge in [0, 0.05) is 34.4 Å². The summed E-state index contributed by atoms with van der Waals surface area (Å²) in [4.78, 5) is 15.7. The first-order valence-corrected chi connectivity index (χ1v) is 8.63. The molecule has 0 bridgehead atoms. The Kier molecular flexibility index (Phi) is 4.56. The third-order valence-corrected chi connectivity index (χ3v) is 4.41. The van der Waals surface area contributed by atoms with E-state index in [9.17, 15) is 14.4 Å². The van der Waals surface area contributed by atoms with E-state index in [1.165, 1.54) is 30.5 Å². The lowest BCUT2D eigenvalue weighted by Crippen LogP contribution is -2.01. The Morgan fingerprint density at radius 1 is 1.25 bits per heavy atom. The molecule has 0 amide bonds. The molecule has 0 atom stereocenters. The van der Waals surface area contributed by atoms with E-state index in [4.69, 9.17) is 0 Å². The molecule has 2 heterocycles. The van der Waals surface area contributed by atoms with E-state index < -0.39 is 11.6 Å². The number of H-pyrrole nitrogens is 1. The van der Waals surface area contributed by atoms with Crippen LogP contribution < -0.4 is 0 Å². The van der Waals surface area contributed by atoms with Gasteiger partial charge in [-0.05, 0) is 29.8 Å². The number of ketones is 1. The number of fused-ring (bicyclic) bond motifs is 1. The van der Waals surface area contributed by atoms with E-state index in [0.29, 0.717) is 28.6 Å². The highest BCUT2D eigenvalue weighted by molar-refractivity contribution is 6.19. The van der Waals surface area contributed by atoms with Gasteiger partial charge in [0.2, 0.25) is 5.78 Å². The lowest BCUT2D eigenvalue weighted by Gasteiger charge is -2.00. The summed E-state index contributed by atoms with van der Waals surface area (Å²) < 4.78 is 15.1. The van der Waals surface area contributed by atoms with Crippen LogP contribution in [0.5, 0.6) is 0 Å². The van der Waals surface area contributed by atoms with E-state index in [1.54, 1.807) is 17.1 Å². The zero-order valence-corrected chi connectivity index (χ0v) is 14.8. The fourth-order valence-electron chi connectivity index (χ4n) is 3.06. The van der Waals surface area contributed by atoms with E-state index in [0.717, 1.165) is 5.56 Å². The fraction of sp³-hybridized carbons (Fsp3) is 0.0455. The minimum Gasteiger partial charge on any atom is -0.360 e. The number of hydrogen-bond donors (Lipinski definition) is 1. The first-order valence-electron chi connectivity index (χ1n) is 8.63. The molecular weight excluding hydrogens is 355 g/mol. The van der Waals surface area contributed by atoms with Crippen molar-refractivity contribution in [1.82, 2.24) is 14.8 Å². The summed E-state index contributed by atoms with van der Waals surface area (Å²) in [5.74, 6) is -0.814. The molecule has 0 saturated heterocycles. The topological polar surface area (TPSA) is 74.5 Å². The van der Waals surface area contributed by atoms with Crippen molar-refractivity contribution in [2.75, 3.05) is 0 Å². The Balaban J connectivity index is 1.60. The van der Waals surface area contributed by atoms with Gasteiger partial charge in [0.1, 0.15) is 17.5 Å². The van der Waals surface area contributed by atoms with Gasteiger partial charge in [-0.25, -0.2) is 4.39 Å². The maximum Gasteiger partial charge on any atom is 0.205 e. The summed E-state index contributed by atoms with van der Waals surface area (Å²) in [5.41, 5.74) is 2.59. The van der Waals surface area contributed by atoms with Crippen LogP contribution >= 0.6 is 0 Å². The molecule has 0 fully saturated rings. The number of carbonyl (C=O) groups excluding carboxylic acids is 1. The predicted molar refractivity (Wildman–Crippen MR) is 104 cm³/mol. The molecule has 4 rings (SSSR count). The molecule has 5 nitrogen and oxygen atoms in total. The number of carbonyl (C=O) groups is 1. The van der Waals surface area contributed by atoms with Crippen LogP contribution in [0, 0.1) is 17.1 Å². The minimum atomic E-state index is -0.420. The number of hydrogen-bond acceptors (Lipinski definition) is 3. The molecular formula is C22H15FN4O. The summed E-state index contributed by atoms with van der Waals surface area (Å²) in [5, 5.41) is 14.3. The molecule has 0 saturated carbocycles. The number of aromatic amines is 1. The van der Waals surface area contributed by atoms with Crippen LogP contribution in [0.3, 0.4) is 0 Å². The zero-order chi connectivity index (χ0) is 19.5. The van der Waals surface area contributed by atoms with Crippen LogP contribution in [0.15, 0.2) is 72.7 Å². The molecule has 2 aromatic carbocycles. The number of allylic oxidation sites excluding steroid dienone is 1. The van der Waals surface area contributed by atoms with Crippen LogP contribution in [0.4, 0.5) is 4.39 Å². The minimum absolute atomic E-state index is 0.00974. The van der Waals surface area contributed by atoms with E-state index in [1.807, 2.05) is 36.4 Å². The van der Waals surface area contributed by atoms with Crippen LogP contribution in [0.1, 0.15) is 21.5 Å². The van der Waals surface area contributed by atoms with Gasteiger partial charge in [0.25, 0.3) is 0 Å². The molecule has 1 N–H and O–H groups in total. The standard InChI is InChI=1S/C22H15FN4O/c23-18-6-7-19-20(12-25-21(19)9-18)22(28)17(10-24)8-16-11-26-27(14-16)13-15-4-2-1-3-5-15/h1-9,11-12,14,25H,13H2/b17-8+. The predicted octanol–water partition coefficient (Wildman–Crippen LogP) is 4.34. The number of benzene rings is 2. The second-order valence-corrected chi connectivity index (χ2v) is 6.35. The Hall–Kier alpha value is -3.98. The Bertz CT molecular complexity index is 1230. The smallest absolute Gasteiger partial charge is 0.205 e. The first kappa shape index (κ1) is 17.4. The van der Waals surface area contributed by atoms with Gasteiger partial charge in [-0.1, -0.05) is 30.3 Å². The molecule has 0 aliphatic carbocycles. The van der Waals surface area contributed by atoms with E-state index in [2.05, 4.69) is 10.1 Å². The van der Waals surface area contributed by atoms with Crippen LogP contribution in [0.2, 0.25) is 0 Å². The molecule has 0 aliphatic heterocycles. The van der Waals surface area contributed by atoms with Crippen molar-refractivity contribution >= 4 is 22.8 Å². The maximum absolute atomic E-state index is 13.3. The lowest BCUT2D eigenvalue weighted by atomic mass is 10.0. The number of nitrogens with zero attached hydrogens (tertiary/aromatic N) is 3. The van der Waals surface area contributed by atoms with Gasteiger partial charge in [-0.2, -0.15) is 10.4 Å². The average Bonchev–Trinajstić information content (AvgIpc) is 3.32. The average molecular weight is 370 g/mol. The van der Waals surface area contributed by atoms with Crippen molar-refractivity contribution in [2.45, 2.75) is 6.54 Å². The SMILES string of the molecule is N#C/C(=C\c1cnn(Cc2ccccc2)c1)C(=O)c1c[nH]c2cc(F)ccc12. The number of aromatic nitrogens is 3. The number of Topliss-reactive ketones (excluding diaryl/α,β-unsaturated/α-hetero) is 1. The molecule has 0 aliphatic rings. The number of nitriles is 1. The molecule has 28 heavy (non-hydrogen) atoms. The summed E-state index contributed by atoms with van der Waals surface area (Å²) in [6.07, 6.45) is 6.40. The Labute approximate surface area is 160 Å². The maximum atomic E-state index is 13.3.